The van der Waals surface area contributed by atoms with Crippen LogP contribution in [-0.4, -0.2) is 12.8 Å². The van der Waals surface area contributed by atoms with Gasteiger partial charge in [0.05, 0.1) is 18.9 Å². The predicted octanol–water partition coefficient (Wildman–Crippen LogP) is 1.23. The first-order valence-electron chi connectivity index (χ1n) is 4.38. The molecule has 1 N–H and O–H groups in total. The van der Waals surface area contributed by atoms with Crippen molar-refractivity contribution in [2.45, 2.75) is 18.6 Å². The first kappa shape index (κ1) is 6.63. The molecule has 2 heteroatoms. The third-order valence-electron chi connectivity index (χ3n) is 2.78. The maximum Gasteiger partial charge on any atom is 0.0975 e. The van der Waals surface area contributed by atoms with Gasteiger partial charge in [-0.25, -0.2) is 0 Å². The number of benzene rings is 1. The lowest BCUT2D eigenvalue weighted by Gasteiger charge is -2.06. The Labute approximate surface area is 71.5 Å². The van der Waals surface area contributed by atoms with Gasteiger partial charge in [-0.3, -0.25) is 5.32 Å². The summed E-state index contributed by atoms with van der Waals surface area (Å²) in [4.78, 5) is 0. The maximum absolute atomic E-state index is 5.55. The lowest BCUT2D eigenvalue weighted by atomic mass is 10.1. The molecule has 0 amide bonds. The Balaban J connectivity index is 2.09. The van der Waals surface area contributed by atoms with Gasteiger partial charge in [0.1, 0.15) is 0 Å². The minimum atomic E-state index is 0.391. The Bertz CT molecular complexity index is 310. The maximum atomic E-state index is 5.55. The number of rotatable bonds is 0. The predicted molar refractivity (Wildman–Crippen MR) is 45.8 cm³/mol. The third-order valence-corrected chi connectivity index (χ3v) is 2.78. The molecular formula is C10H11NO. The number of fused-ring (bicyclic) bond motifs is 3. The molecule has 62 valence electrons. The van der Waals surface area contributed by atoms with Crippen LogP contribution in [-0.2, 0) is 11.2 Å². The summed E-state index contributed by atoms with van der Waals surface area (Å²) in [6, 6.07) is 9.04. The van der Waals surface area contributed by atoms with Gasteiger partial charge in [0, 0.05) is 6.42 Å². The molecule has 0 radical (unpaired) electrons. The summed E-state index contributed by atoms with van der Waals surface area (Å²) in [5, 5.41) is 3.35. The number of nitrogens with one attached hydrogen (secondary N) is 1. The van der Waals surface area contributed by atoms with Gasteiger partial charge in [0.15, 0.2) is 0 Å². The lowest BCUT2D eigenvalue weighted by Crippen LogP contribution is -2.16. The molecule has 2 aliphatic rings. The molecule has 0 spiro atoms. The molecule has 1 heterocycles. The lowest BCUT2D eigenvalue weighted by molar-refractivity contribution is 0.109. The molecule has 1 aromatic rings. The summed E-state index contributed by atoms with van der Waals surface area (Å²) >= 11 is 0. The number of hydrogen-bond donors (Lipinski definition) is 1. The average Bonchev–Trinajstić information content (AvgIpc) is 2.62. The van der Waals surface area contributed by atoms with Crippen LogP contribution in [0.2, 0.25) is 0 Å². The zero-order valence-corrected chi connectivity index (χ0v) is 6.79. The van der Waals surface area contributed by atoms with Gasteiger partial charge in [-0.05, 0) is 11.1 Å². The zero-order chi connectivity index (χ0) is 7.97. The highest BCUT2D eigenvalue weighted by atomic mass is 16.5. The summed E-state index contributed by atoms with van der Waals surface area (Å²) in [7, 11) is 0. The van der Waals surface area contributed by atoms with Gasteiger partial charge in [-0.15, -0.1) is 0 Å². The summed E-state index contributed by atoms with van der Waals surface area (Å²) in [6.45, 7) is 0.712. The first-order chi connectivity index (χ1) is 5.95. The standard InChI is InChI=1S/C10H11NO/c1-2-4-8-7(3-1)5-9-10(8)11-6-12-9/h1-4,9-11H,5-6H2/t9-,10+/m0/s1. The van der Waals surface area contributed by atoms with Crippen molar-refractivity contribution in [3.63, 3.8) is 0 Å². The van der Waals surface area contributed by atoms with Crippen molar-refractivity contribution >= 4 is 0 Å². The molecule has 2 nitrogen and oxygen atoms in total. The second kappa shape index (κ2) is 2.31. The van der Waals surface area contributed by atoms with Gasteiger partial charge in [-0.1, -0.05) is 24.3 Å². The van der Waals surface area contributed by atoms with E-state index in [0.29, 0.717) is 18.9 Å². The Morgan fingerprint density at radius 3 is 3.25 bits per heavy atom. The fraction of sp³-hybridized carbons (Fsp3) is 0.400. The summed E-state index contributed by atoms with van der Waals surface area (Å²) in [6.07, 6.45) is 1.47. The number of ether oxygens (including phenoxy) is 1. The molecule has 0 bridgehead atoms. The van der Waals surface area contributed by atoms with E-state index in [1.165, 1.54) is 11.1 Å². The van der Waals surface area contributed by atoms with E-state index in [4.69, 9.17) is 4.74 Å². The summed E-state index contributed by atoms with van der Waals surface area (Å²) in [5.74, 6) is 0. The molecule has 1 saturated heterocycles. The van der Waals surface area contributed by atoms with Crippen molar-refractivity contribution in [1.29, 1.82) is 0 Å². The van der Waals surface area contributed by atoms with Crippen molar-refractivity contribution in [3.05, 3.63) is 35.4 Å². The zero-order valence-electron chi connectivity index (χ0n) is 6.79. The van der Waals surface area contributed by atoms with E-state index < -0.39 is 0 Å². The van der Waals surface area contributed by atoms with E-state index in [2.05, 4.69) is 29.6 Å². The molecule has 0 unspecified atom stereocenters. The highest BCUT2D eigenvalue weighted by Gasteiger charge is 2.36. The van der Waals surface area contributed by atoms with Gasteiger partial charge in [-0.2, -0.15) is 0 Å². The van der Waals surface area contributed by atoms with Gasteiger partial charge < -0.3 is 4.74 Å². The molecule has 1 aromatic carbocycles. The van der Waals surface area contributed by atoms with Crippen molar-refractivity contribution in [2.24, 2.45) is 0 Å². The Hall–Kier alpha value is -0.860. The molecule has 12 heavy (non-hydrogen) atoms. The fourth-order valence-corrected chi connectivity index (χ4v) is 2.20. The van der Waals surface area contributed by atoms with E-state index in [9.17, 15) is 0 Å². The Morgan fingerprint density at radius 1 is 1.33 bits per heavy atom. The van der Waals surface area contributed by atoms with Crippen LogP contribution in [0.4, 0.5) is 0 Å². The smallest absolute Gasteiger partial charge is 0.0975 e. The first-order valence-corrected chi connectivity index (χ1v) is 4.38. The molecule has 3 rings (SSSR count). The van der Waals surface area contributed by atoms with E-state index in [1.54, 1.807) is 0 Å². The van der Waals surface area contributed by atoms with Crippen LogP contribution in [0.3, 0.4) is 0 Å². The number of hydrogen-bond acceptors (Lipinski definition) is 2. The minimum Gasteiger partial charge on any atom is -0.361 e. The minimum absolute atomic E-state index is 0.391. The van der Waals surface area contributed by atoms with E-state index in [-0.39, 0.29) is 0 Å². The van der Waals surface area contributed by atoms with Crippen LogP contribution in [0, 0.1) is 0 Å². The van der Waals surface area contributed by atoms with Crippen LogP contribution in [0.25, 0.3) is 0 Å². The fourth-order valence-electron chi connectivity index (χ4n) is 2.20. The highest BCUT2D eigenvalue weighted by molar-refractivity contribution is 5.37. The van der Waals surface area contributed by atoms with Crippen LogP contribution in [0.15, 0.2) is 24.3 Å². The molecule has 0 aromatic heterocycles. The van der Waals surface area contributed by atoms with Gasteiger partial charge in [0.2, 0.25) is 0 Å². The summed E-state index contributed by atoms with van der Waals surface area (Å²) in [5.41, 5.74) is 2.87. The molecule has 2 atom stereocenters. The third kappa shape index (κ3) is 0.765. The van der Waals surface area contributed by atoms with Crippen LogP contribution in [0.1, 0.15) is 17.2 Å². The van der Waals surface area contributed by atoms with Crippen molar-refractivity contribution in [3.8, 4) is 0 Å². The monoisotopic (exact) mass is 161 g/mol. The van der Waals surface area contributed by atoms with Crippen molar-refractivity contribution < 1.29 is 4.74 Å². The van der Waals surface area contributed by atoms with Gasteiger partial charge in [0.25, 0.3) is 0 Å². The molecular weight excluding hydrogens is 150 g/mol. The van der Waals surface area contributed by atoms with Gasteiger partial charge >= 0.3 is 0 Å². The average molecular weight is 161 g/mol. The quantitative estimate of drug-likeness (QED) is 0.618. The molecule has 1 aliphatic heterocycles. The van der Waals surface area contributed by atoms with Crippen LogP contribution >= 0.6 is 0 Å². The SMILES string of the molecule is c1ccc2c(c1)C[C@@H]1OCN[C@H]21. The van der Waals surface area contributed by atoms with Crippen molar-refractivity contribution in [2.75, 3.05) is 6.73 Å². The Morgan fingerprint density at radius 2 is 2.25 bits per heavy atom. The van der Waals surface area contributed by atoms with Crippen molar-refractivity contribution in [1.82, 2.24) is 5.32 Å². The topological polar surface area (TPSA) is 21.3 Å². The van der Waals surface area contributed by atoms with E-state index >= 15 is 0 Å². The normalized spacial score (nSPS) is 31.7. The largest absolute Gasteiger partial charge is 0.361 e. The Kier molecular flexibility index (Phi) is 1.28. The van der Waals surface area contributed by atoms with E-state index in [0.717, 1.165) is 6.42 Å². The second-order valence-electron chi connectivity index (χ2n) is 3.43. The molecule has 0 saturated carbocycles. The molecule has 1 aliphatic carbocycles. The molecule has 1 fully saturated rings. The highest BCUT2D eigenvalue weighted by Crippen LogP contribution is 2.35. The summed E-state index contributed by atoms with van der Waals surface area (Å²) < 4.78 is 5.55. The van der Waals surface area contributed by atoms with Crippen LogP contribution < -0.4 is 5.32 Å². The van der Waals surface area contributed by atoms with Crippen LogP contribution in [0.5, 0.6) is 0 Å². The second-order valence-corrected chi connectivity index (χ2v) is 3.43. The van der Waals surface area contributed by atoms with E-state index in [1.807, 2.05) is 0 Å².